The molecule has 0 aliphatic carbocycles. The number of hydrogen-bond acceptors (Lipinski definition) is 3. The van der Waals surface area contributed by atoms with Gasteiger partial charge in [0, 0.05) is 6.04 Å². The minimum absolute atomic E-state index is 0.212. The highest BCUT2D eigenvalue weighted by atomic mass is 16.5. The van der Waals surface area contributed by atoms with Gasteiger partial charge in [-0.3, -0.25) is 0 Å². The van der Waals surface area contributed by atoms with E-state index in [1.165, 1.54) is 5.56 Å². The zero-order valence-electron chi connectivity index (χ0n) is 10.0. The number of rotatable bonds is 7. The first-order valence-corrected chi connectivity index (χ1v) is 5.78. The highest BCUT2D eigenvalue weighted by Crippen LogP contribution is 2.02. The summed E-state index contributed by atoms with van der Waals surface area (Å²) in [5.74, 6) is 0. The molecule has 0 saturated carbocycles. The second kappa shape index (κ2) is 7.44. The van der Waals surface area contributed by atoms with Gasteiger partial charge in [0.15, 0.2) is 0 Å². The molecule has 88 valence electrons. The Hall–Kier alpha value is -0.835. The Morgan fingerprint density at radius 2 is 2.06 bits per heavy atom. The monoisotopic (exact) mass is 221 g/mol. The highest BCUT2D eigenvalue weighted by molar-refractivity contribution is 6.45. The summed E-state index contributed by atoms with van der Waals surface area (Å²) < 4.78 is 5.60. The van der Waals surface area contributed by atoms with Crippen LogP contribution in [0.25, 0.3) is 0 Å². The SMILES string of the molecule is CC[C@H](COCc1ccccc1)NB(C)O. The Bertz CT molecular complexity index is 280. The lowest BCUT2D eigenvalue weighted by Crippen LogP contribution is -2.42. The van der Waals surface area contributed by atoms with Crippen LogP contribution in [0.5, 0.6) is 0 Å². The Morgan fingerprint density at radius 1 is 1.38 bits per heavy atom. The molecule has 1 aromatic rings. The molecule has 0 spiro atoms. The number of nitrogens with one attached hydrogen (secondary N) is 1. The van der Waals surface area contributed by atoms with Crippen molar-refractivity contribution in [3.63, 3.8) is 0 Å². The zero-order valence-corrected chi connectivity index (χ0v) is 10.0. The minimum Gasteiger partial charge on any atom is -0.437 e. The molecule has 0 unspecified atom stereocenters. The predicted molar refractivity (Wildman–Crippen MR) is 67.1 cm³/mol. The Kier molecular flexibility index (Phi) is 6.15. The fraction of sp³-hybridized carbons (Fsp3) is 0.500. The van der Waals surface area contributed by atoms with Crippen molar-refractivity contribution in [2.24, 2.45) is 0 Å². The van der Waals surface area contributed by atoms with Crippen molar-refractivity contribution >= 4 is 7.05 Å². The average molecular weight is 221 g/mol. The van der Waals surface area contributed by atoms with Crippen molar-refractivity contribution < 1.29 is 9.76 Å². The fourth-order valence-electron chi connectivity index (χ4n) is 1.52. The second-order valence-corrected chi connectivity index (χ2v) is 3.95. The van der Waals surface area contributed by atoms with Crippen LogP contribution in [0.1, 0.15) is 18.9 Å². The van der Waals surface area contributed by atoms with Crippen molar-refractivity contribution in [2.45, 2.75) is 32.8 Å². The van der Waals surface area contributed by atoms with Crippen LogP contribution >= 0.6 is 0 Å². The van der Waals surface area contributed by atoms with Crippen molar-refractivity contribution in [1.29, 1.82) is 0 Å². The molecule has 2 N–H and O–H groups in total. The van der Waals surface area contributed by atoms with Gasteiger partial charge in [0.05, 0.1) is 13.2 Å². The maximum Gasteiger partial charge on any atom is 0.373 e. The van der Waals surface area contributed by atoms with Crippen LogP contribution in [0.15, 0.2) is 30.3 Å². The molecule has 3 nitrogen and oxygen atoms in total. The van der Waals surface area contributed by atoms with Gasteiger partial charge in [-0.15, -0.1) is 0 Å². The Morgan fingerprint density at radius 3 is 2.62 bits per heavy atom. The third-order valence-electron chi connectivity index (χ3n) is 2.40. The summed E-state index contributed by atoms with van der Waals surface area (Å²) in [5, 5.41) is 12.2. The number of benzene rings is 1. The molecule has 4 heteroatoms. The molecule has 0 saturated heterocycles. The first kappa shape index (κ1) is 13.2. The van der Waals surface area contributed by atoms with E-state index in [0.29, 0.717) is 13.2 Å². The molecule has 16 heavy (non-hydrogen) atoms. The highest BCUT2D eigenvalue weighted by Gasteiger charge is 2.11. The summed E-state index contributed by atoms with van der Waals surface area (Å²) in [4.78, 5) is 0. The van der Waals surface area contributed by atoms with E-state index in [-0.39, 0.29) is 6.04 Å². The molecule has 1 rings (SSSR count). The van der Waals surface area contributed by atoms with Gasteiger partial charge in [0.25, 0.3) is 0 Å². The average Bonchev–Trinajstić information content (AvgIpc) is 2.28. The maximum atomic E-state index is 9.20. The van der Waals surface area contributed by atoms with E-state index in [1.807, 2.05) is 30.3 Å². The van der Waals surface area contributed by atoms with Crippen molar-refractivity contribution in [2.75, 3.05) is 6.61 Å². The first-order chi connectivity index (χ1) is 7.72. The van der Waals surface area contributed by atoms with Crippen LogP contribution in [0.2, 0.25) is 6.82 Å². The largest absolute Gasteiger partial charge is 0.437 e. The van der Waals surface area contributed by atoms with E-state index >= 15 is 0 Å². The van der Waals surface area contributed by atoms with E-state index in [4.69, 9.17) is 4.74 Å². The molecule has 0 heterocycles. The third kappa shape index (κ3) is 5.30. The van der Waals surface area contributed by atoms with E-state index < -0.39 is 7.05 Å². The molecular weight excluding hydrogens is 201 g/mol. The standard InChI is InChI=1S/C12H20BNO2/c1-3-12(14-13(2)15)10-16-9-11-7-5-4-6-8-11/h4-8,12,14-15H,3,9-10H2,1-2H3/t12-/m1/s1. The van der Waals surface area contributed by atoms with Gasteiger partial charge in [0.1, 0.15) is 0 Å². The Balaban J connectivity index is 2.23. The van der Waals surface area contributed by atoms with Gasteiger partial charge >= 0.3 is 7.05 Å². The molecule has 0 aliphatic rings. The van der Waals surface area contributed by atoms with Crippen LogP contribution in [0.4, 0.5) is 0 Å². The van der Waals surface area contributed by atoms with Crippen molar-refractivity contribution in [3.05, 3.63) is 35.9 Å². The summed E-state index contributed by atoms with van der Waals surface area (Å²) in [6.45, 7) is 5.04. The van der Waals surface area contributed by atoms with E-state index in [1.54, 1.807) is 6.82 Å². The van der Waals surface area contributed by atoms with Crippen LogP contribution in [-0.4, -0.2) is 24.7 Å². The molecule has 0 bridgehead atoms. The lowest BCUT2D eigenvalue weighted by atomic mass is 9.87. The molecular formula is C12H20BNO2. The maximum absolute atomic E-state index is 9.20. The normalized spacial score (nSPS) is 12.4. The van der Waals surface area contributed by atoms with Crippen molar-refractivity contribution in [1.82, 2.24) is 5.23 Å². The summed E-state index contributed by atoms with van der Waals surface area (Å²) in [6.07, 6.45) is 0.944. The molecule has 1 aromatic carbocycles. The molecule has 0 aliphatic heterocycles. The summed E-state index contributed by atoms with van der Waals surface area (Å²) in [6, 6.07) is 10.3. The van der Waals surface area contributed by atoms with E-state index in [2.05, 4.69) is 12.2 Å². The van der Waals surface area contributed by atoms with Gasteiger partial charge < -0.3 is 15.0 Å². The second-order valence-electron chi connectivity index (χ2n) is 3.95. The van der Waals surface area contributed by atoms with Gasteiger partial charge in [-0.25, -0.2) is 0 Å². The summed E-state index contributed by atoms with van der Waals surface area (Å²) in [7, 11) is -0.481. The van der Waals surface area contributed by atoms with Crippen LogP contribution in [0, 0.1) is 0 Å². The summed E-state index contributed by atoms with van der Waals surface area (Å²) in [5.41, 5.74) is 1.18. The van der Waals surface area contributed by atoms with Crippen LogP contribution < -0.4 is 5.23 Å². The van der Waals surface area contributed by atoms with Crippen molar-refractivity contribution in [3.8, 4) is 0 Å². The molecule has 0 radical (unpaired) electrons. The molecule has 0 amide bonds. The topological polar surface area (TPSA) is 41.5 Å². The van der Waals surface area contributed by atoms with Crippen LogP contribution in [-0.2, 0) is 11.3 Å². The number of ether oxygens (including phenoxy) is 1. The first-order valence-electron chi connectivity index (χ1n) is 5.78. The lowest BCUT2D eigenvalue weighted by molar-refractivity contribution is 0.102. The molecule has 0 aromatic heterocycles. The van der Waals surface area contributed by atoms with E-state index in [0.717, 1.165) is 6.42 Å². The third-order valence-corrected chi connectivity index (χ3v) is 2.40. The van der Waals surface area contributed by atoms with Gasteiger partial charge in [0.2, 0.25) is 0 Å². The van der Waals surface area contributed by atoms with Gasteiger partial charge in [-0.2, -0.15) is 0 Å². The number of hydrogen-bond donors (Lipinski definition) is 2. The molecule has 0 fully saturated rings. The minimum atomic E-state index is -0.481. The molecule has 1 atom stereocenters. The van der Waals surface area contributed by atoms with Gasteiger partial charge in [-0.1, -0.05) is 37.3 Å². The summed E-state index contributed by atoms with van der Waals surface area (Å²) >= 11 is 0. The predicted octanol–water partition coefficient (Wildman–Crippen LogP) is 1.68. The van der Waals surface area contributed by atoms with E-state index in [9.17, 15) is 5.02 Å². The zero-order chi connectivity index (χ0) is 11.8. The smallest absolute Gasteiger partial charge is 0.373 e. The van der Waals surface area contributed by atoms with Crippen LogP contribution in [0.3, 0.4) is 0 Å². The fourth-order valence-corrected chi connectivity index (χ4v) is 1.52. The van der Waals surface area contributed by atoms with Gasteiger partial charge in [-0.05, 0) is 18.8 Å². The lowest BCUT2D eigenvalue weighted by Gasteiger charge is -2.17. The Labute approximate surface area is 98.0 Å². The quantitative estimate of drug-likeness (QED) is 0.688.